The number of benzene rings is 1. The molecule has 0 radical (unpaired) electrons. The maximum atomic E-state index is 4.17. The summed E-state index contributed by atoms with van der Waals surface area (Å²) in [5.41, 5.74) is 5.16. The summed E-state index contributed by atoms with van der Waals surface area (Å²) in [5, 5.41) is 3.52. The molecule has 1 aromatic heterocycles. The van der Waals surface area contributed by atoms with Gasteiger partial charge < -0.3 is 5.32 Å². The molecule has 1 aromatic carbocycles. The minimum atomic E-state index is 0.590. The molecule has 2 nitrogen and oxygen atoms in total. The van der Waals surface area contributed by atoms with E-state index in [4.69, 9.17) is 0 Å². The van der Waals surface area contributed by atoms with Crippen molar-refractivity contribution in [2.24, 2.45) is 0 Å². The molecule has 1 unspecified atom stereocenters. The van der Waals surface area contributed by atoms with Crippen LogP contribution in [0.25, 0.3) is 11.1 Å². The Bertz CT molecular complexity index is 520. The molecule has 0 aliphatic carbocycles. The van der Waals surface area contributed by atoms with Crippen molar-refractivity contribution in [3.8, 4) is 11.1 Å². The summed E-state index contributed by atoms with van der Waals surface area (Å²) in [6.07, 6.45) is 6.10. The molecular formula is C15H16N2. The van der Waals surface area contributed by atoms with Crippen molar-refractivity contribution >= 4 is 5.69 Å². The first-order valence-corrected chi connectivity index (χ1v) is 6.13. The fourth-order valence-corrected chi connectivity index (χ4v) is 2.36. The lowest BCUT2D eigenvalue weighted by atomic mass is 9.95. The van der Waals surface area contributed by atoms with Gasteiger partial charge in [0.2, 0.25) is 0 Å². The molecule has 0 fully saturated rings. The maximum absolute atomic E-state index is 4.17. The molecule has 1 aliphatic heterocycles. The van der Waals surface area contributed by atoms with E-state index in [1.807, 2.05) is 18.5 Å². The quantitative estimate of drug-likeness (QED) is 0.802. The molecule has 17 heavy (non-hydrogen) atoms. The van der Waals surface area contributed by atoms with Gasteiger partial charge in [-0.2, -0.15) is 0 Å². The van der Waals surface area contributed by atoms with E-state index in [2.05, 4.69) is 41.5 Å². The van der Waals surface area contributed by atoms with E-state index in [1.54, 1.807) is 0 Å². The minimum absolute atomic E-state index is 0.590. The van der Waals surface area contributed by atoms with Gasteiger partial charge in [-0.05, 0) is 54.7 Å². The highest BCUT2D eigenvalue weighted by Crippen LogP contribution is 2.29. The van der Waals surface area contributed by atoms with Crippen molar-refractivity contribution in [3.63, 3.8) is 0 Å². The molecule has 2 heterocycles. The van der Waals surface area contributed by atoms with Gasteiger partial charge in [0.1, 0.15) is 0 Å². The molecule has 0 spiro atoms. The van der Waals surface area contributed by atoms with E-state index >= 15 is 0 Å². The Morgan fingerprint density at radius 2 is 2.18 bits per heavy atom. The molecule has 1 aliphatic rings. The van der Waals surface area contributed by atoms with Gasteiger partial charge >= 0.3 is 0 Å². The Balaban J connectivity index is 1.99. The summed E-state index contributed by atoms with van der Waals surface area (Å²) in [5.74, 6) is 0. The lowest BCUT2D eigenvalue weighted by molar-refractivity contribution is 0.681. The molecule has 2 aromatic rings. The fourth-order valence-electron chi connectivity index (χ4n) is 2.36. The van der Waals surface area contributed by atoms with Gasteiger partial charge in [0.25, 0.3) is 0 Å². The van der Waals surface area contributed by atoms with Gasteiger partial charge in [-0.15, -0.1) is 0 Å². The predicted molar refractivity (Wildman–Crippen MR) is 71.1 cm³/mol. The summed E-state index contributed by atoms with van der Waals surface area (Å²) in [6.45, 7) is 2.23. The van der Waals surface area contributed by atoms with Crippen LogP contribution in [0.5, 0.6) is 0 Å². The number of rotatable bonds is 1. The van der Waals surface area contributed by atoms with Crippen LogP contribution in [0.1, 0.15) is 18.9 Å². The zero-order valence-electron chi connectivity index (χ0n) is 9.98. The molecule has 86 valence electrons. The van der Waals surface area contributed by atoms with Crippen LogP contribution >= 0.6 is 0 Å². The molecule has 0 saturated carbocycles. The summed E-state index contributed by atoms with van der Waals surface area (Å²) >= 11 is 0. The van der Waals surface area contributed by atoms with Crippen LogP contribution in [0.4, 0.5) is 5.69 Å². The van der Waals surface area contributed by atoms with Crippen molar-refractivity contribution in [1.82, 2.24) is 4.98 Å². The van der Waals surface area contributed by atoms with Crippen LogP contribution in [-0.2, 0) is 6.42 Å². The number of hydrogen-bond acceptors (Lipinski definition) is 2. The van der Waals surface area contributed by atoms with Crippen molar-refractivity contribution in [1.29, 1.82) is 0 Å². The monoisotopic (exact) mass is 224 g/mol. The highest BCUT2D eigenvalue weighted by Gasteiger charge is 2.14. The first kappa shape index (κ1) is 10.3. The summed E-state index contributed by atoms with van der Waals surface area (Å²) in [7, 11) is 0. The van der Waals surface area contributed by atoms with Gasteiger partial charge in [-0.1, -0.05) is 12.1 Å². The third kappa shape index (κ3) is 2.03. The standard InChI is InChI=1S/C15H16N2/c1-11-4-5-13-9-12(6-7-15(13)17-11)14-3-2-8-16-10-14/h2-3,6-11,17H,4-5H2,1H3. The van der Waals surface area contributed by atoms with E-state index in [-0.39, 0.29) is 0 Å². The molecule has 2 heteroatoms. The van der Waals surface area contributed by atoms with Gasteiger partial charge in [-0.25, -0.2) is 0 Å². The Kier molecular flexibility index (Phi) is 2.56. The van der Waals surface area contributed by atoms with E-state index in [9.17, 15) is 0 Å². The second kappa shape index (κ2) is 4.21. The zero-order chi connectivity index (χ0) is 11.7. The topological polar surface area (TPSA) is 24.9 Å². The number of aryl methyl sites for hydroxylation is 1. The highest BCUT2D eigenvalue weighted by molar-refractivity contribution is 5.68. The second-order valence-corrected chi connectivity index (χ2v) is 4.70. The highest BCUT2D eigenvalue weighted by atomic mass is 14.9. The summed E-state index contributed by atoms with van der Waals surface area (Å²) < 4.78 is 0. The lowest BCUT2D eigenvalue weighted by Gasteiger charge is -2.24. The van der Waals surface area contributed by atoms with Crippen molar-refractivity contribution in [2.75, 3.05) is 5.32 Å². The molecule has 0 amide bonds. The molecular weight excluding hydrogens is 208 g/mol. The number of anilines is 1. The average molecular weight is 224 g/mol. The first-order chi connectivity index (χ1) is 8.33. The average Bonchev–Trinajstić information content (AvgIpc) is 2.39. The SMILES string of the molecule is CC1CCc2cc(-c3cccnc3)ccc2N1. The molecule has 1 N–H and O–H groups in total. The normalized spacial score (nSPS) is 18.3. The Morgan fingerprint density at radius 1 is 1.24 bits per heavy atom. The molecule has 1 atom stereocenters. The number of pyridine rings is 1. The van der Waals surface area contributed by atoms with E-state index in [1.165, 1.54) is 28.8 Å². The molecule has 0 saturated heterocycles. The summed E-state index contributed by atoms with van der Waals surface area (Å²) in [4.78, 5) is 4.17. The Morgan fingerprint density at radius 3 is 3.00 bits per heavy atom. The van der Waals surface area contributed by atoms with Gasteiger partial charge in [0.15, 0.2) is 0 Å². The van der Waals surface area contributed by atoms with Gasteiger partial charge in [-0.3, -0.25) is 4.98 Å². The van der Waals surface area contributed by atoms with Crippen molar-refractivity contribution < 1.29 is 0 Å². The second-order valence-electron chi connectivity index (χ2n) is 4.70. The van der Waals surface area contributed by atoms with Gasteiger partial charge in [0.05, 0.1) is 0 Å². The lowest BCUT2D eigenvalue weighted by Crippen LogP contribution is -2.21. The largest absolute Gasteiger partial charge is 0.382 e. The number of hydrogen-bond donors (Lipinski definition) is 1. The van der Waals surface area contributed by atoms with Crippen LogP contribution in [0.2, 0.25) is 0 Å². The molecule has 0 bridgehead atoms. The van der Waals surface area contributed by atoms with Crippen molar-refractivity contribution in [3.05, 3.63) is 48.3 Å². The van der Waals surface area contributed by atoms with Crippen LogP contribution in [-0.4, -0.2) is 11.0 Å². The minimum Gasteiger partial charge on any atom is -0.382 e. The Labute approximate surface area is 102 Å². The van der Waals surface area contributed by atoms with Crippen LogP contribution in [0.15, 0.2) is 42.7 Å². The van der Waals surface area contributed by atoms with Crippen LogP contribution < -0.4 is 5.32 Å². The zero-order valence-corrected chi connectivity index (χ0v) is 9.98. The van der Waals surface area contributed by atoms with Crippen molar-refractivity contribution in [2.45, 2.75) is 25.8 Å². The van der Waals surface area contributed by atoms with E-state index < -0.39 is 0 Å². The van der Waals surface area contributed by atoms with Crippen LogP contribution in [0, 0.1) is 0 Å². The fraction of sp³-hybridized carbons (Fsp3) is 0.267. The number of aromatic nitrogens is 1. The summed E-state index contributed by atoms with van der Waals surface area (Å²) in [6, 6.07) is 11.3. The number of fused-ring (bicyclic) bond motifs is 1. The molecule has 3 rings (SSSR count). The van der Waals surface area contributed by atoms with E-state index in [0.29, 0.717) is 6.04 Å². The van der Waals surface area contributed by atoms with Gasteiger partial charge in [0, 0.05) is 24.1 Å². The van der Waals surface area contributed by atoms with Crippen LogP contribution in [0.3, 0.4) is 0 Å². The Hall–Kier alpha value is -1.83. The third-order valence-corrected chi connectivity index (χ3v) is 3.35. The smallest absolute Gasteiger partial charge is 0.0375 e. The predicted octanol–water partition coefficient (Wildman–Crippen LogP) is 3.50. The third-order valence-electron chi connectivity index (χ3n) is 3.35. The number of nitrogens with zero attached hydrogens (tertiary/aromatic N) is 1. The van der Waals surface area contributed by atoms with E-state index in [0.717, 1.165) is 6.42 Å². The maximum Gasteiger partial charge on any atom is 0.0375 e. The number of nitrogens with one attached hydrogen (secondary N) is 1. The first-order valence-electron chi connectivity index (χ1n) is 6.13.